The molecule has 2 aromatic carbocycles. The molecule has 2 aliphatic rings. The predicted molar refractivity (Wildman–Crippen MR) is 113 cm³/mol. The number of carbonyl (C=O) groups excluding carboxylic acids is 1. The third-order valence-corrected chi connectivity index (χ3v) is 5.62. The number of hydrogen-bond acceptors (Lipinski definition) is 4. The number of nitrogens with two attached hydrogens (primary N) is 1. The minimum absolute atomic E-state index is 0.370. The maximum absolute atomic E-state index is 12.6. The van der Waals surface area contributed by atoms with Gasteiger partial charge in [-0.15, -0.1) is 0 Å². The Morgan fingerprint density at radius 1 is 0.968 bits per heavy atom. The van der Waals surface area contributed by atoms with Crippen molar-refractivity contribution in [2.24, 2.45) is 10.8 Å². The summed E-state index contributed by atoms with van der Waals surface area (Å²) in [4.78, 5) is 15.3. The fourth-order valence-corrected chi connectivity index (χ4v) is 4.04. The molecule has 6 nitrogen and oxygen atoms in total. The Balaban J connectivity index is 1.53. The second-order valence-corrected chi connectivity index (χ2v) is 7.74. The number of hydrogen-bond donors (Lipinski definition) is 1. The largest absolute Gasteiger partial charge is 0.401 e. The first-order valence-electron chi connectivity index (χ1n) is 10.2. The van der Waals surface area contributed by atoms with Crippen LogP contribution in [0.3, 0.4) is 0 Å². The molecule has 2 aromatic rings. The third-order valence-electron chi connectivity index (χ3n) is 5.62. The van der Waals surface area contributed by atoms with Gasteiger partial charge in [0, 0.05) is 43.0 Å². The van der Waals surface area contributed by atoms with E-state index in [9.17, 15) is 18.0 Å². The van der Waals surface area contributed by atoms with Crippen molar-refractivity contribution >= 4 is 17.4 Å². The highest BCUT2D eigenvalue weighted by atomic mass is 19.4. The van der Waals surface area contributed by atoms with Crippen LogP contribution in [0, 0.1) is 0 Å². The van der Waals surface area contributed by atoms with Gasteiger partial charge in [0.1, 0.15) is 0 Å². The van der Waals surface area contributed by atoms with Crippen molar-refractivity contribution in [1.29, 1.82) is 0 Å². The first-order chi connectivity index (χ1) is 14.8. The molecule has 0 unspecified atom stereocenters. The first kappa shape index (κ1) is 21.2. The van der Waals surface area contributed by atoms with Gasteiger partial charge in [-0.25, -0.2) is 9.80 Å². The third kappa shape index (κ3) is 4.99. The smallest absolute Gasteiger partial charge is 0.369 e. The van der Waals surface area contributed by atoms with Crippen LogP contribution in [0.1, 0.15) is 16.7 Å². The zero-order valence-corrected chi connectivity index (χ0v) is 17.0. The maximum atomic E-state index is 12.6. The number of rotatable bonds is 3. The molecule has 0 bridgehead atoms. The number of halogens is 3. The number of urea groups is 1. The molecule has 1 saturated heterocycles. The lowest BCUT2D eigenvalue weighted by Crippen LogP contribution is -2.49. The summed E-state index contributed by atoms with van der Waals surface area (Å²) in [5.41, 5.74) is 10.0. The van der Waals surface area contributed by atoms with E-state index >= 15 is 0 Å². The van der Waals surface area contributed by atoms with Gasteiger partial charge in [0.15, 0.2) is 0 Å². The highest BCUT2D eigenvalue weighted by molar-refractivity contribution is 6.14. The molecule has 164 valence electrons. The standard InChI is InChI=1S/C22H24F3N5O/c23-22(24,25)15-28-11-13-29(14-12-28)18-7-5-17(6-8-18)20-19-4-2-1-3-16(19)9-10-30(27-20)21(26)31/h1-8H,9-15H2,(H2,26,31). The predicted octanol–water partition coefficient (Wildman–Crippen LogP) is 3.06. The van der Waals surface area contributed by atoms with Crippen LogP contribution in [0.5, 0.6) is 0 Å². The van der Waals surface area contributed by atoms with Crippen LogP contribution in [0.4, 0.5) is 23.7 Å². The molecular formula is C22H24F3N5O. The lowest BCUT2D eigenvalue weighted by molar-refractivity contribution is -0.146. The summed E-state index contributed by atoms with van der Waals surface area (Å²) in [5, 5.41) is 5.80. The summed E-state index contributed by atoms with van der Waals surface area (Å²) in [6, 6.07) is 15.0. The summed E-state index contributed by atoms with van der Waals surface area (Å²) < 4.78 is 37.8. The minimum Gasteiger partial charge on any atom is -0.369 e. The van der Waals surface area contributed by atoms with Gasteiger partial charge < -0.3 is 10.6 Å². The summed E-state index contributed by atoms with van der Waals surface area (Å²) in [6.45, 7) is 1.36. The molecule has 2 N–H and O–H groups in total. The zero-order chi connectivity index (χ0) is 22.0. The van der Waals surface area contributed by atoms with E-state index < -0.39 is 18.8 Å². The van der Waals surface area contributed by atoms with Crippen molar-refractivity contribution < 1.29 is 18.0 Å². The van der Waals surface area contributed by atoms with Crippen molar-refractivity contribution in [2.45, 2.75) is 12.6 Å². The van der Waals surface area contributed by atoms with E-state index in [2.05, 4.69) is 10.0 Å². The average molecular weight is 431 g/mol. The fourth-order valence-electron chi connectivity index (χ4n) is 4.04. The number of amides is 2. The molecule has 0 saturated carbocycles. The molecule has 0 atom stereocenters. The van der Waals surface area contributed by atoms with Crippen molar-refractivity contribution in [3.8, 4) is 0 Å². The number of piperazine rings is 1. The second-order valence-electron chi connectivity index (χ2n) is 7.74. The normalized spacial score (nSPS) is 17.7. The van der Waals surface area contributed by atoms with Gasteiger partial charge in [0.25, 0.3) is 0 Å². The lowest BCUT2D eigenvalue weighted by atomic mass is 9.96. The van der Waals surface area contributed by atoms with Crippen molar-refractivity contribution in [3.05, 3.63) is 65.2 Å². The molecule has 9 heteroatoms. The van der Waals surface area contributed by atoms with Gasteiger partial charge in [-0.3, -0.25) is 4.90 Å². The number of nitrogens with zero attached hydrogens (tertiary/aromatic N) is 4. The van der Waals surface area contributed by atoms with Crippen LogP contribution in [0.2, 0.25) is 0 Å². The highest BCUT2D eigenvalue weighted by Gasteiger charge is 2.32. The van der Waals surface area contributed by atoms with Gasteiger partial charge >= 0.3 is 12.2 Å². The Kier molecular flexibility index (Phi) is 5.86. The molecule has 2 aliphatic heterocycles. The molecule has 0 spiro atoms. The molecule has 31 heavy (non-hydrogen) atoms. The maximum Gasteiger partial charge on any atom is 0.401 e. The SMILES string of the molecule is NC(=O)N1CCc2ccccc2C(c2ccc(N3CCN(CC(F)(F)F)CC3)cc2)=N1. The molecule has 0 aliphatic carbocycles. The van der Waals surface area contributed by atoms with E-state index in [1.807, 2.05) is 48.5 Å². The number of carbonyl (C=O) groups is 1. The topological polar surface area (TPSA) is 65.2 Å². The summed E-state index contributed by atoms with van der Waals surface area (Å²) in [6.07, 6.45) is -3.51. The van der Waals surface area contributed by atoms with Crippen LogP contribution in [-0.2, 0) is 6.42 Å². The molecule has 0 radical (unpaired) electrons. The second kappa shape index (κ2) is 8.58. The van der Waals surface area contributed by atoms with E-state index in [-0.39, 0.29) is 0 Å². The summed E-state index contributed by atoms with van der Waals surface area (Å²) in [5.74, 6) is 0. The number of primary amides is 1. The Hall–Kier alpha value is -3.07. The molecule has 1 fully saturated rings. The highest BCUT2D eigenvalue weighted by Crippen LogP contribution is 2.24. The van der Waals surface area contributed by atoms with Crippen LogP contribution >= 0.6 is 0 Å². The van der Waals surface area contributed by atoms with Crippen LogP contribution in [0.15, 0.2) is 53.6 Å². The molecule has 2 heterocycles. The van der Waals surface area contributed by atoms with Crippen molar-refractivity contribution in [3.63, 3.8) is 0 Å². The quantitative estimate of drug-likeness (QED) is 0.813. The van der Waals surface area contributed by atoms with E-state index in [4.69, 9.17) is 5.73 Å². The van der Waals surface area contributed by atoms with Crippen LogP contribution in [-0.4, -0.2) is 67.1 Å². The Bertz CT molecular complexity index is 966. The fraction of sp³-hybridized carbons (Fsp3) is 0.364. The van der Waals surface area contributed by atoms with Gasteiger partial charge in [-0.2, -0.15) is 18.3 Å². The summed E-state index contributed by atoms with van der Waals surface area (Å²) >= 11 is 0. The van der Waals surface area contributed by atoms with Gasteiger partial charge in [0.05, 0.1) is 18.8 Å². The van der Waals surface area contributed by atoms with Crippen LogP contribution in [0.25, 0.3) is 0 Å². The number of benzene rings is 2. The van der Waals surface area contributed by atoms with Gasteiger partial charge in [0.2, 0.25) is 0 Å². The summed E-state index contributed by atoms with van der Waals surface area (Å²) in [7, 11) is 0. The monoisotopic (exact) mass is 431 g/mol. The Labute approximate surface area is 178 Å². The first-order valence-corrected chi connectivity index (χ1v) is 10.2. The zero-order valence-electron chi connectivity index (χ0n) is 17.0. The molecule has 4 rings (SSSR count). The van der Waals surface area contributed by atoms with Gasteiger partial charge in [-0.05, 0) is 24.1 Å². The van der Waals surface area contributed by atoms with E-state index in [1.54, 1.807) is 0 Å². The minimum atomic E-state index is -4.17. The van der Waals surface area contributed by atoms with Crippen molar-refractivity contribution in [1.82, 2.24) is 9.91 Å². The number of hydrazone groups is 1. The van der Waals surface area contributed by atoms with E-state index in [0.717, 1.165) is 22.4 Å². The van der Waals surface area contributed by atoms with Crippen LogP contribution < -0.4 is 10.6 Å². The van der Waals surface area contributed by atoms with Gasteiger partial charge in [-0.1, -0.05) is 36.4 Å². The van der Waals surface area contributed by atoms with Crippen molar-refractivity contribution in [2.75, 3.05) is 44.2 Å². The molecular weight excluding hydrogens is 407 g/mol. The Morgan fingerprint density at radius 3 is 2.29 bits per heavy atom. The number of alkyl halides is 3. The molecule has 0 aromatic heterocycles. The van der Waals surface area contributed by atoms with E-state index in [1.165, 1.54) is 9.91 Å². The van der Waals surface area contributed by atoms with E-state index in [0.29, 0.717) is 44.9 Å². The number of fused-ring (bicyclic) bond motifs is 1. The molecule has 2 amide bonds. The average Bonchev–Trinajstić information content (AvgIpc) is 2.94. The number of anilines is 1. The lowest BCUT2D eigenvalue weighted by Gasteiger charge is -2.36. The Morgan fingerprint density at radius 2 is 1.65 bits per heavy atom.